The molecule has 4 aromatic carbocycles. The Bertz CT molecular complexity index is 1940. The average molecular weight is 550 g/mol. The molecule has 0 amide bonds. The van der Waals surface area contributed by atoms with Gasteiger partial charge in [-0.3, -0.25) is 14.6 Å². The molecule has 7 rings (SSSR count). The molecule has 0 radical (unpaired) electrons. The van der Waals surface area contributed by atoms with E-state index in [9.17, 15) is 14.9 Å². The minimum Gasteiger partial charge on any atom is -0.465 e. The van der Waals surface area contributed by atoms with Gasteiger partial charge in [0, 0.05) is 23.1 Å². The van der Waals surface area contributed by atoms with E-state index in [4.69, 9.17) is 9.72 Å². The molecular formula is C36H27N3O3. The van der Waals surface area contributed by atoms with Crippen molar-refractivity contribution in [3.05, 3.63) is 126 Å². The lowest BCUT2D eigenvalue weighted by molar-refractivity contribution is -0.152. The van der Waals surface area contributed by atoms with Crippen LogP contribution in [0.2, 0.25) is 0 Å². The van der Waals surface area contributed by atoms with Crippen LogP contribution in [0, 0.1) is 16.7 Å². The summed E-state index contributed by atoms with van der Waals surface area (Å²) < 4.78 is 5.67. The zero-order valence-corrected chi connectivity index (χ0v) is 23.0. The van der Waals surface area contributed by atoms with E-state index in [0.717, 1.165) is 33.0 Å². The number of fused-ring (bicyclic) bond motifs is 6. The summed E-state index contributed by atoms with van der Waals surface area (Å²) in [5.74, 6) is -1.64. The summed E-state index contributed by atoms with van der Waals surface area (Å²) in [5.41, 5.74) is 1.85. The molecule has 42 heavy (non-hydrogen) atoms. The number of hydrogen-bond acceptors (Lipinski definition) is 6. The molecule has 0 N–H and O–H groups in total. The number of nitriles is 1. The van der Waals surface area contributed by atoms with Crippen molar-refractivity contribution in [3.8, 4) is 6.07 Å². The van der Waals surface area contributed by atoms with Crippen LogP contribution in [-0.2, 0) is 9.53 Å². The van der Waals surface area contributed by atoms with Crippen molar-refractivity contribution in [1.29, 1.82) is 5.26 Å². The van der Waals surface area contributed by atoms with Crippen molar-refractivity contribution in [1.82, 2.24) is 4.98 Å². The highest BCUT2D eigenvalue weighted by molar-refractivity contribution is 6.08. The molecule has 1 fully saturated rings. The molecule has 204 valence electrons. The maximum Gasteiger partial charge on any atom is 0.329 e. The van der Waals surface area contributed by atoms with Gasteiger partial charge in [0.25, 0.3) is 0 Å². The van der Waals surface area contributed by atoms with Crippen molar-refractivity contribution in [3.63, 3.8) is 0 Å². The van der Waals surface area contributed by atoms with E-state index in [2.05, 4.69) is 6.07 Å². The normalized spacial score (nSPS) is 22.4. The molecule has 1 saturated heterocycles. The largest absolute Gasteiger partial charge is 0.465 e. The van der Waals surface area contributed by atoms with Gasteiger partial charge in [-0.05, 0) is 34.9 Å². The van der Waals surface area contributed by atoms with Gasteiger partial charge in [-0.15, -0.1) is 0 Å². The second-order valence-corrected chi connectivity index (χ2v) is 10.8. The van der Waals surface area contributed by atoms with Crippen molar-refractivity contribution in [2.24, 2.45) is 5.41 Å². The smallest absolute Gasteiger partial charge is 0.329 e. The molecule has 0 bridgehead atoms. The molecule has 0 spiro atoms. The number of pyridine rings is 1. The van der Waals surface area contributed by atoms with Gasteiger partial charge in [-0.25, -0.2) is 0 Å². The Morgan fingerprint density at radius 2 is 1.67 bits per heavy atom. The number of esters is 1. The Labute approximate surface area is 243 Å². The predicted octanol–water partition coefficient (Wildman–Crippen LogP) is 6.71. The van der Waals surface area contributed by atoms with E-state index in [0.29, 0.717) is 11.1 Å². The zero-order chi connectivity index (χ0) is 28.8. The van der Waals surface area contributed by atoms with E-state index in [1.54, 1.807) is 25.3 Å². The van der Waals surface area contributed by atoms with Gasteiger partial charge in [0.1, 0.15) is 6.04 Å². The first-order valence-corrected chi connectivity index (χ1v) is 14.1. The molecule has 0 saturated carbocycles. The van der Waals surface area contributed by atoms with E-state index in [1.807, 2.05) is 102 Å². The number of anilines is 1. The number of rotatable bonds is 5. The molecule has 2 aliphatic rings. The maximum atomic E-state index is 14.7. The summed E-state index contributed by atoms with van der Waals surface area (Å²) in [4.78, 5) is 35.6. The second kappa shape index (κ2) is 9.97. The minimum atomic E-state index is -1.71. The van der Waals surface area contributed by atoms with Crippen molar-refractivity contribution < 1.29 is 14.3 Å². The zero-order valence-electron chi connectivity index (χ0n) is 23.0. The fourth-order valence-electron chi connectivity index (χ4n) is 6.83. The third-order valence-electron chi connectivity index (χ3n) is 8.63. The lowest BCUT2D eigenvalue weighted by atomic mass is 9.68. The van der Waals surface area contributed by atoms with Crippen LogP contribution in [-0.4, -0.2) is 35.4 Å². The summed E-state index contributed by atoms with van der Waals surface area (Å²) >= 11 is 0. The number of nitrogens with zero attached hydrogens (tertiary/aromatic N) is 3. The van der Waals surface area contributed by atoms with Gasteiger partial charge in [0.05, 0.1) is 29.9 Å². The number of ether oxygens (including phenoxy) is 1. The molecule has 0 unspecified atom stereocenters. The van der Waals surface area contributed by atoms with Gasteiger partial charge in [-0.1, -0.05) is 103 Å². The van der Waals surface area contributed by atoms with E-state index < -0.39 is 29.4 Å². The van der Waals surface area contributed by atoms with Gasteiger partial charge in [0.2, 0.25) is 0 Å². The topological polar surface area (TPSA) is 83.3 Å². The average Bonchev–Trinajstić information content (AvgIpc) is 3.36. The first-order chi connectivity index (χ1) is 20.6. The molecule has 5 aromatic rings. The second-order valence-electron chi connectivity index (χ2n) is 10.8. The number of hydrogen-bond donors (Lipinski definition) is 0. The molecule has 4 atom stereocenters. The Morgan fingerprint density at radius 3 is 2.45 bits per heavy atom. The van der Waals surface area contributed by atoms with Gasteiger partial charge >= 0.3 is 5.97 Å². The van der Waals surface area contributed by atoms with Crippen LogP contribution in [0.4, 0.5) is 5.69 Å². The molecule has 2 aliphatic heterocycles. The molecular weight excluding hydrogens is 522 g/mol. The van der Waals surface area contributed by atoms with Crippen LogP contribution in [0.1, 0.15) is 34.3 Å². The lowest BCUT2D eigenvalue weighted by Gasteiger charge is -2.36. The first kappa shape index (κ1) is 25.7. The molecule has 0 aliphatic carbocycles. The SMILES string of the molecule is CCOC(=O)[C@@]1(C#N)[C@H](c2ccc3ccccc3c2)[C@@H](C(=O)c2ccccc2)N2c3c(ccc4cccnc34)C=C[C@@H]21. The molecule has 6 heteroatoms. The monoisotopic (exact) mass is 549 g/mol. The lowest BCUT2D eigenvalue weighted by Crippen LogP contribution is -2.47. The summed E-state index contributed by atoms with van der Waals surface area (Å²) in [5, 5.41) is 14.0. The van der Waals surface area contributed by atoms with Crippen molar-refractivity contribution >= 4 is 45.2 Å². The summed E-state index contributed by atoms with van der Waals surface area (Å²) in [6, 6.07) is 31.6. The van der Waals surface area contributed by atoms with Crippen molar-refractivity contribution in [2.75, 3.05) is 11.5 Å². The highest BCUT2D eigenvalue weighted by Gasteiger charge is 2.67. The minimum absolute atomic E-state index is 0.113. The first-order valence-electron chi connectivity index (χ1n) is 14.1. The fraction of sp³-hybridized carbons (Fsp3) is 0.167. The van der Waals surface area contributed by atoms with E-state index in [1.165, 1.54) is 0 Å². The Kier molecular flexibility index (Phi) is 6.09. The number of aromatic nitrogens is 1. The van der Waals surface area contributed by atoms with E-state index in [-0.39, 0.29) is 12.4 Å². The highest BCUT2D eigenvalue weighted by Crippen LogP contribution is 2.57. The van der Waals surface area contributed by atoms with Crippen LogP contribution < -0.4 is 4.90 Å². The van der Waals surface area contributed by atoms with Gasteiger partial charge in [-0.2, -0.15) is 5.26 Å². The summed E-state index contributed by atoms with van der Waals surface area (Å²) in [6.45, 7) is 1.85. The fourth-order valence-corrected chi connectivity index (χ4v) is 6.83. The van der Waals surface area contributed by atoms with Crippen LogP contribution in [0.25, 0.3) is 27.8 Å². The van der Waals surface area contributed by atoms with E-state index >= 15 is 0 Å². The van der Waals surface area contributed by atoms with Gasteiger partial charge in [0.15, 0.2) is 11.2 Å². The maximum absolute atomic E-state index is 14.7. The molecule has 1 aromatic heterocycles. The predicted molar refractivity (Wildman–Crippen MR) is 163 cm³/mol. The standard InChI is InChI=1S/C36H27N3O3/c1-2-42-35(41)36(22-37)29-19-18-25-16-15-24-13-8-20-38-31(24)32(25)39(29)33(34(40)26-10-4-3-5-11-26)30(36)28-17-14-23-9-6-7-12-27(23)21-28/h3-21,29-30,33H,2H2,1H3/t29-,30-,33+,36-/m1/s1. The number of carbonyl (C=O) groups excluding carboxylic acids is 2. The highest BCUT2D eigenvalue weighted by atomic mass is 16.5. The number of carbonyl (C=O) groups is 2. The Balaban J connectivity index is 1.57. The van der Waals surface area contributed by atoms with Crippen LogP contribution >= 0.6 is 0 Å². The number of Topliss-reactive ketones (excluding diaryl/α,β-unsaturated/α-hetero) is 1. The molecule has 6 nitrogen and oxygen atoms in total. The third-order valence-corrected chi connectivity index (χ3v) is 8.63. The number of benzene rings is 4. The van der Waals surface area contributed by atoms with Crippen LogP contribution in [0.15, 0.2) is 109 Å². The molecule has 3 heterocycles. The Morgan fingerprint density at radius 1 is 0.929 bits per heavy atom. The van der Waals surface area contributed by atoms with Crippen LogP contribution in [0.3, 0.4) is 0 Å². The quantitative estimate of drug-likeness (QED) is 0.179. The summed E-state index contributed by atoms with van der Waals surface area (Å²) in [6.07, 6.45) is 5.54. The Hall–Kier alpha value is -5.28. The number of ketones is 1. The third kappa shape index (κ3) is 3.67. The summed E-state index contributed by atoms with van der Waals surface area (Å²) in [7, 11) is 0. The van der Waals surface area contributed by atoms with Crippen molar-refractivity contribution in [2.45, 2.75) is 24.9 Å². The van der Waals surface area contributed by atoms with Gasteiger partial charge < -0.3 is 9.64 Å². The van der Waals surface area contributed by atoms with Crippen LogP contribution in [0.5, 0.6) is 0 Å².